The fourth-order valence-corrected chi connectivity index (χ4v) is 4.74. The van der Waals surface area contributed by atoms with Crippen LogP contribution in [0.25, 0.3) is 27.7 Å². The van der Waals surface area contributed by atoms with E-state index in [0.717, 1.165) is 65.3 Å². The van der Waals surface area contributed by atoms with Crippen LogP contribution in [0.4, 0.5) is 5.82 Å². The molecule has 2 fully saturated rings. The van der Waals surface area contributed by atoms with E-state index in [1.807, 2.05) is 36.8 Å². The Morgan fingerprint density at radius 3 is 2.65 bits per heavy atom. The largest absolute Gasteiger partial charge is 0.361 e. The van der Waals surface area contributed by atoms with Crippen molar-refractivity contribution in [2.24, 2.45) is 0 Å². The molecule has 1 saturated carbocycles. The maximum atomic E-state index is 7.82. The Bertz CT molecular complexity index is 1360. The number of piperazine rings is 1. The van der Waals surface area contributed by atoms with Gasteiger partial charge in [-0.1, -0.05) is 30.3 Å². The van der Waals surface area contributed by atoms with E-state index in [-0.39, 0.29) is 0 Å². The van der Waals surface area contributed by atoms with E-state index in [9.17, 15) is 0 Å². The highest BCUT2D eigenvalue weighted by Crippen LogP contribution is 2.44. The summed E-state index contributed by atoms with van der Waals surface area (Å²) in [6, 6.07) is 12.3. The minimum absolute atomic E-state index is 0.557. The zero-order chi connectivity index (χ0) is 22.9. The highest BCUT2D eigenvalue weighted by molar-refractivity contribution is 5.96. The highest BCUT2D eigenvalue weighted by Gasteiger charge is 2.29. The van der Waals surface area contributed by atoms with Gasteiger partial charge in [-0.25, -0.2) is 9.97 Å². The summed E-state index contributed by atoms with van der Waals surface area (Å²) in [7, 11) is 0. The quantitative estimate of drug-likeness (QED) is 0.380. The lowest BCUT2D eigenvalue weighted by Crippen LogP contribution is -2.44. The fourth-order valence-electron chi connectivity index (χ4n) is 4.74. The number of nitrogens with one attached hydrogen (secondary N) is 3. The van der Waals surface area contributed by atoms with Crippen molar-refractivity contribution in [3.05, 3.63) is 78.0 Å². The standard InChI is InChI=1S/C27H27N7/c28-9-8-21(20-14-23(31-15-20)19-4-2-1-3-5-19)26-32-24-17-30-16-22(18-6-7-18)25(24)27(33-26)34-12-10-29-11-13-34/h1-5,8-9,14-18,28-29,31H,6-7,10-13H2/b21-8+,28-9?. The van der Waals surface area contributed by atoms with Gasteiger partial charge in [-0.05, 0) is 42.0 Å². The number of hydrogen-bond acceptors (Lipinski definition) is 6. The zero-order valence-corrected chi connectivity index (χ0v) is 19.0. The van der Waals surface area contributed by atoms with Crippen LogP contribution in [0.1, 0.15) is 35.7 Å². The molecule has 1 aliphatic carbocycles. The summed E-state index contributed by atoms with van der Waals surface area (Å²) < 4.78 is 0. The third-order valence-electron chi connectivity index (χ3n) is 6.62. The molecule has 4 aromatic rings. The predicted octanol–water partition coefficient (Wildman–Crippen LogP) is 4.39. The Balaban J connectivity index is 1.49. The molecule has 4 heterocycles. The molecule has 3 aromatic heterocycles. The molecule has 7 heteroatoms. The molecule has 6 rings (SSSR count). The smallest absolute Gasteiger partial charge is 0.162 e. The average Bonchev–Trinajstić information content (AvgIpc) is 3.63. The number of hydrogen-bond donors (Lipinski definition) is 3. The van der Waals surface area contributed by atoms with Gasteiger partial charge in [0.25, 0.3) is 0 Å². The topological polar surface area (TPSA) is 93.6 Å². The van der Waals surface area contributed by atoms with Gasteiger partial charge < -0.3 is 20.6 Å². The number of benzene rings is 1. The molecule has 0 atom stereocenters. The molecule has 0 radical (unpaired) electrons. The number of fused-ring (bicyclic) bond motifs is 1. The average molecular weight is 450 g/mol. The number of nitrogens with zero attached hydrogens (tertiary/aromatic N) is 4. The van der Waals surface area contributed by atoms with Crippen molar-refractivity contribution in [1.29, 1.82) is 5.41 Å². The minimum atomic E-state index is 0.557. The summed E-state index contributed by atoms with van der Waals surface area (Å²) in [6.07, 6.45) is 11.3. The van der Waals surface area contributed by atoms with Crippen molar-refractivity contribution < 1.29 is 0 Å². The number of aromatic nitrogens is 4. The van der Waals surface area contributed by atoms with Crippen molar-refractivity contribution in [2.45, 2.75) is 18.8 Å². The molecular weight excluding hydrogens is 422 g/mol. The summed E-state index contributed by atoms with van der Waals surface area (Å²) in [5, 5.41) is 12.4. The monoisotopic (exact) mass is 449 g/mol. The molecule has 1 aromatic carbocycles. The third kappa shape index (κ3) is 3.88. The molecule has 0 spiro atoms. The van der Waals surface area contributed by atoms with Crippen LogP contribution < -0.4 is 10.2 Å². The van der Waals surface area contributed by atoms with Crippen molar-refractivity contribution in [2.75, 3.05) is 31.1 Å². The Morgan fingerprint density at radius 1 is 1.06 bits per heavy atom. The zero-order valence-electron chi connectivity index (χ0n) is 19.0. The Morgan fingerprint density at radius 2 is 1.88 bits per heavy atom. The van der Waals surface area contributed by atoms with Crippen LogP contribution in [0.15, 0.2) is 61.1 Å². The van der Waals surface area contributed by atoms with Crippen LogP contribution in [-0.4, -0.2) is 52.3 Å². The normalized spacial score (nSPS) is 16.7. The van der Waals surface area contributed by atoms with Crippen LogP contribution >= 0.6 is 0 Å². The number of allylic oxidation sites excluding steroid dienone is 1. The number of rotatable bonds is 6. The first-order valence-corrected chi connectivity index (χ1v) is 11.9. The lowest BCUT2D eigenvalue weighted by Gasteiger charge is -2.30. The Hall–Kier alpha value is -3.84. The predicted molar refractivity (Wildman–Crippen MR) is 136 cm³/mol. The lowest BCUT2D eigenvalue weighted by molar-refractivity contribution is 0.585. The van der Waals surface area contributed by atoms with Crippen LogP contribution in [0, 0.1) is 5.41 Å². The first-order valence-electron chi connectivity index (χ1n) is 11.9. The van der Waals surface area contributed by atoms with E-state index in [2.05, 4.69) is 38.4 Å². The second-order valence-electron chi connectivity index (χ2n) is 8.92. The molecule has 7 nitrogen and oxygen atoms in total. The molecule has 3 N–H and O–H groups in total. The number of H-pyrrole nitrogens is 1. The third-order valence-corrected chi connectivity index (χ3v) is 6.62. The molecular formula is C27H27N7. The molecule has 0 unspecified atom stereocenters. The SMILES string of the molecule is N=C/C=C(\c1c[nH]c(-c2ccccc2)c1)c1nc(N2CCNCC2)c2c(C3CC3)cncc2n1. The van der Waals surface area contributed by atoms with Gasteiger partial charge in [0.15, 0.2) is 5.82 Å². The number of pyridine rings is 1. The second kappa shape index (κ2) is 8.83. The van der Waals surface area contributed by atoms with Gasteiger partial charge >= 0.3 is 0 Å². The van der Waals surface area contributed by atoms with Gasteiger partial charge in [0.05, 0.1) is 11.7 Å². The molecule has 0 bridgehead atoms. The molecule has 170 valence electrons. The van der Waals surface area contributed by atoms with Crippen molar-refractivity contribution in [3.63, 3.8) is 0 Å². The first-order chi connectivity index (χ1) is 16.8. The number of anilines is 1. The summed E-state index contributed by atoms with van der Waals surface area (Å²) in [5.74, 6) is 2.17. The van der Waals surface area contributed by atoms with Crippen LogP contribution in [0.3, 0.4) is 0 Å². The lowest BCUT2D eigenvalue weighted by atomic mass is 10.0. The van der Waals surface area contributed by atoms with Gasteiger partial charge in [-0.15, -0.1) is 0 Å². The van der Waals surface area contributed by atoms with Gasteiger partial charge in [0.1, 0.15) is 5.82 Å². The molecule has 0 amide bonds. The molecule has 1 aliphatic heterocycles. The van der Waals surface area contributed by atoms with E-state index in [4.69, 9.17) is 15.4 Å². The molecule has 2 aliphatic rings. The van der Waals surface area contributed by atoms with Gasteiger partial charge in [-0.3, -0.25) is 4.98 Å². The van der Waals surface area contributed by atoms with Crippen LogP contribution in [-0.2, 0) is 0 Å². The first kappa shape index (κ1) is 20.7. The fraction of sp³-hybridized carbons (Fsp3) is 0.259. The Labute approximate surface area is 198 Å². The summed E-state index contributed by atoms with van der Waals surface area (Å²) in [6.45, 7) is 3.69. The van der Waals surface area contributed by atoms with Crippen molar-refractivity contribution >= 4 is 28.5 Å². The Kier molecular flexibility index (Phi) is 5.39. The molecule has 1 saturated heterocycles. The van der Waals surface area contributed by atoms with Gasteiger partial charge in [0.2, 0.25) is 0 Å². The van der Waals surface area contributed by atoms with E-state index >= 15 is 0 Å². The van der Waals surface area contributed by atoms with Crippen LogP contribution in [0.2, 0.25) is 0 Å². The highest BCUT2D eigenvalue weighted by atomic mass is 15.2. The maximum absolute atomic E-state index is 7.82. The summed E-state index contributed by atoms with van der Waals surface area (Å²) >= 11 is 0. The van der Waals surface area contributed by atoms with E-state index < -0.39 is 0 Å². The minimum Gasteiger partial charge on any atom is -0.361 e. The van der Waals surface area contributed by atoms with Gasteiger partial charge in [0, 0.05) is 67.0 Å². The van der Waals surface area contributed by atoms with Crippen molar-refractivity contribution in [3.8, 4) is 11.3 Å². The molecule has 34 heavy (non-hydrogen) atoms. The summed E-state index contributed by atoms with van der Waals surface area (Å²) in [5.41, 5.74) is 6.05. The van der Waals surface area contributed by atoms with Gasteiger partial charge in [-0.2, -0.15) is 0 Å². The van der Waals surface area contributed by atoms with Crippen molar-refractivity contribution in [1.82, 2.24) is 25.3 Å². The maximum Gasteiger partial charge on any atom is 0.162 e. The second-order valence-corrected chi connectivity index (χ2v) is 8.92. The van der Waals surface area contributed by atoms with E-state index in [1.165, 1.54) is 24.6 Å². The van der Waals surface area contributed by atoms with E-state index in [1.54, 1.807) is 6.08 Å². The van der Waals surface area contributed by atoms with Crippen LogP contribution in [0.5, 0.6) is 0 Å². The van der Waals surface area contributed by atoms with E-state index in [0.29, 0.717) is 11.7 Å². The number of aromatic amines is 1. The summed E-state index contributed by atoms with van der Waals surface area (Å²) in [4.78, 5) is 20.4.